The number of carbonyl (C=O) groups excluding carboxylic acids is 2. The molecule has 0 radical (unpaired) electrons. The van der Waals surface area contributed by atoms with Crippen molar-refractivity contribution >= 4 is 21.7 Å². The van der Waals surface area contributed by atoms with Crippen molar-refractivity contribution in [3.8, 4) is 0 Å². The normalized spacial score (nSPS) is 18.2. The molecule has 1 aliphatic heterocycles. The van der Waals surface area contributed by atoms with Gasteiger partial charge in [0.2, 0.25) is 0 Å². The highest BCUT2D eigenvalue weighted by atomic mass is 32.2. The van der Waals surface area contributed by atoms with Crippen molar-refractivity contribution in [1.29, 1.82) is 0 Å². The fourth-order valence-corrected chi connectivity index (χ4v) is 4.79. The summed E-state index contributed by atoms with van der Waals surface area (Å²) in [5, 5.41) is 0. The van der Waals surface area contributed by atoms with Crippen molar-refractivity contribution in [2.45, 2.75) is 38.8 Å². The second-order valence-corrected chi connectivity index (χ2v) is 8.93. The Hall–Kier alpha value is -1.93. The summed E-state index contributed by atoms with van der Waals surface area (Å²) in [4.78, 5) is 26.3. The minimum Gasteiger partial charge on any atom is -0.452 e. The lowest BCUT2D eigenvalue weighted by atomic mass is 10.1. The van der Waals surface area contributed by atoms with E-state index in [4.69, 9.17) is 9.47 Å². The average molecular weight is 397 g/mol. The summed E-state index contributed by atoms with van der Waals surface area (Å²) >= 11 is 0. The molecule has 1 aromatic rings. The molecule has 1 saturated heterocycles. The standard InChI is InChI=1S/C19H27NO6S/c1-3-4-10-20(17-9-11-27(23,24)14-17)18(21)13-26-19(22)16-7-5-15(6-8-16)12-25-2/h5-8,17H,3-4,9-14H2,1-2H3. The van der Waals surface area contributed by atoms with Gasteiger partial charge in [0.15, 0.2) is 16.4 Å². The number of methoxy groups -OCH3 is 1. The highest BCUT2D eigenvalue weighted by Crippen LogP contribution is 2.19. The summed E-state index contributed by atoms with van der Waals surface area (Å²) in [5.74, 6) is -0.852. The van der Waals surface area contributed by atoms with Gasteiger partial charge >= 0.3 is 5.97 Å². The lowest BCUT2D eigenvalue weighted by molar-refractivity contribution is -0.136. The molecule has 27 heavy (non-hydrogen) atoms. The molecule has 2 rings (SSSR count). The Morgan fingerprint density at radius 3 is 2.48 bits per heavy atom. The molecule has 1 aromatic carbocycles. The summed E-state index contributed by atoms with van der Waals surface area (Å²) in [6.07, 6.45) is 2.10. The van der Waals surface area contributed by atoms with Crippen LogP contribution in [0.15, 0.2) is 24.3 Å². The minimum atomic E-state index is -3.09. The first-order valence-corrected chi connectivity index (χ1v) is 10.9. The van der Waals surface area contributed by atoms with Gasteiger partial charge in [-0.05, 0) is 30.5 Å². The topological polar surface area (TPSA) is 90.0 Å². The van der Waals surface area contributed by atoms with Crippen LogP contribution in [-0.2, 0) is 30.7 Å². The van der Waals surface area contributed by atoms with Crippen molar-refractivity contribution in [1.82, 2.24) is 4.90 Å². The van der Waals surface area contributed by atoms with E-state index < -0.39 is 15.8 Å². The third kappa shape index (κ3) is 6.32. The SMILES string of the molecule is CCCCN(C(=O)COC(=O)c1ccc(COC)cc1)C1CCS(=O)(=O)C1. The van der Waals surface area contributed by atoms with Crippen LogP contribution in [0.25, 0.3) is 0 Å². The lowest BCUT2D eigenvalue weighted by Crippen LogP contribution is -2.43. The predicted molar refractivity (Wildman–Crippen MR) is 101 cm³/mol. The minimum absolute atomic E-state index is 0.0165. The molecule has 1 fully saturated rings. The first-order valence-electron chi connectivity index (χ1n) is 9.11. The summed E-state index contributed by atoms with van der Waals surface area (Å²) in [6, 6.07) is 6.44. The molecule has 1 amide bonds. The van der Waals surface area contributed by atoms with Gasteiger partial charge in [-0.2, -0.15) is 0 Å². The summed E-state index contributed by atoms with van der Waals surface area (Å²) in [6.45, 7) is 2.53. The summed E-state index contributed by atoms with van der Waals surface area (Å²) < 4.78 is 33.6. The van der Waals surface area contributed by atoms with Gasteiger partial charge in [0.05, 0.1) is 23.7 Å². The molecule has 150 valence electrons. The molecule has 7 nitrogen and oxygen atoms in total. The number of rotatable bonds is 9. The molecule has 0 saturated carbocycles. The van der Waals surface area contributed by atoms with Crippen LogP contribution in [0.2, 0.25) is 0 Å². The van der Waals surface area contributed by atoms with Crippen LogP contribution in [0.5, 0.6) is 0 Å². The van der Waals surface area contributed by atoms with Gasteiger partial charge in [-0.15, -0.1) is 0 Å². The molecular formula is C19H27NO6S. The number of nitrogens with zero attached hydrogens (tertiary/aromatic N) is 1. The van der Waals surface area contributed by atoms with Gasteiger partial charge < -0.3 is 14.4 Å². The number of unbranched alkanes of at least 4 members (excludes halogenated alkanes) is 1. The van der Waals surface area contributed by atoms with Crippen LogP contribution in [0, 0.1) is 0 Å². The second kappa shape index (κ2) is 9.85. The van der Waals surface area contributed by atoms with Crippen LogP contribution in [0.4, 0.5) is 0 Å². The molecule has 1 heterocycles. The highest BCUT2D eigenvalue weighted by molar-refractivity contribution is 7.91. The average Bonchev–Trinajstić information content (AvgIpc) is 3.00. The van der Waals surface area contributed by atoms with E-state index >= 15 is 0 Å². The summed E-state index contributed by atoms with van der Waals surface area (Å²) in [5.41, 5.74) is 1.28. The van der Waals surface area contributed by atoms with Crippen molar-refractivity contribution in [2.24, 2.45) is 0 Å². The van der Waals surface area contributed by atoms with Gasteiger partial charge in [-0.25, -0.2) is 13.2 Å². The lowest BCUT2D eigenvalue weighted by Gasteiger charge is -2.28. The van der Waals surface area contributed by atoms with Crippen molar-refractivity contribution in [3.63, 3.8) is 0 Å². The predicted octanol–water partition coefficient (Wildman–Crippen LogP) is 1.81. The van der Waals surface area contributed by atoms with Gasteiger partial charge in [0.1, 0.15) is 0 Å². The second-order valence-electron chi connectivity index (χ2n) is 6.70. The zero-order valence-electron chi connectivity index (χ0n) is 15.8. The fraction of sp³-hybridized carbons (Fsp3) is 0.579. The Morgan fingerprint density at radius 2 is 1.93 bits per heavy atom. The largest absolute Gasteiger partial charge is 0.452 e. The molecule has 0 spiro atoms. The maximum absolute atomic E-state index is 12.6. The van der Waals surface area contributed by atoms with E-state index in [9.17, 15) is 18.0 Å². The first kappa shape index (κ1) is 21.4. The van der Waals surface area contributed by atoms with Crippen LogP contribution in [0.3, 0.4) is 0 Å². The van der Waals surface area contributed by atoms with E-state index in [1.165, 1.54) is 0 Å². The van der Waals surface area contributed by atoms with Crippen molar-refractivity contribution in [3.05, 3.63) is 35.4 Å². The molecule has 0 aromatic heterocycles. The number of carbonyl (C=O) groups is 2. The summed E-state index contributed by atoms with van der Waals surface area (Å²) in [7, 11) is -1.50. The molecular weight excluding hydrogens is 370 g/mol. The van der Waals surface area contributed by atoms with E-state index in [1.807, 2.05) is 6.92 Å². The third-order valence-corrected chi connectivity index (χ3v) is 6.30. The molecule has 8 heteroatoms. The number of esters is 1. The van der Waals surface area contributed by atoms with E-state index in [0.29, 0.717) is 25.1 Å². The molecule has 1 aliphatic rings. The maximum Gasteiger partial charge on any atom is 0.338 e. The number of benzene rings is 1. The van der Waals surface area contributed by atoms with E-state index in [-0.39, 0.29) is 30.1 Å². The third-order valence-electron chi connectivity index (χ3n) is 4.55. The zero-order valence-corrected chi connectivity index (χ0v) is 16.7. The van der Waals surface area contributed by atoms with E-state index in [2.05, 4.69) is 0 Å². The van der Waals surface area contributed by atoms with Gasteiger partial charge in [-0.3, -0.25) is 4.79 Å². The Bertz CT molecular complexity index is 744. The van der Waals surface area contributed by atoms with Crippen LogP contribution in [0.1, 0.15) is 42.1 Å². The number of amides is 1. The monoisotopic (exact) mass is 397 g/mol. The van der Waals surface area contributed by atoms with Crippen LogP contribution < -0.4 is 0 Å². The molecule has 1 unspecified atom stereocenters. The molecule has 0 aliphatic carbocycles. The van der Waals surface area contributed by atoms with E-state index in [0.717, 1.165) is 18.4 Å². The van der Waals surface area contributed by atoms with Crippen LogP contribution in [-0.4, -0.2) is 63.0 Å². The Kier molecular flexibility index (Phi) is 7.79. The number of sulfone groups is 1. The van der Waals surface area contributed by atoms with Gasteiger partial charge in [0.25, 0.3) is 5.91 Å². The Morgan fingerprint density at radius 1 is 1.22 bits per heavy atom. The zero-order chi connectivity index (χ0) is 19.9. The number of ether oxygens (including phenoxy) is 2. The number of hydrogen-bond donors (Lipinski definition) is 0. The quantitative estimate of drug-likeness (QED) is 0.590. The first-order chi connectivity index (χ1) is 12.9. The molecule has 1 atom stereocenters. The van der Waals surface area contributed by atoms with Crippen molar-refractivity contribution in [2.75, 3.05) is 31.8 Å². The smallest absolute Gasteiger partial charge is 0.338 e. The van der Waals surface area contributed by atoms with Gasteiger partial charge in [-0.1, -0.05) is 25.5 Å². The highest BCUT2D eigenvalue weighted by Gasteiger charge is 2.34. The Labute approximate surface area is 160 Å². The van der Waals surface area contributed by atoms with Crippen LogP contribution >= 0.6 is 0 Å². The maximum atomic E-state index is 12.6. The van der Waals surface area contributed by atoms with Crippen molar-refractivity contribution < 1.29 is 27.5 Å². The fourth-order valence-electron chi connectivity index (χ4n) is 3.06. The number of hydrogen-bond acceptors (Lipinski definition) is 6. The van der Waals surface area contributed by atoms with E-state index in [1.54, 1.807) is 36.3 Å². The van der Waals surface area contributed by atoms with Gasteiger partial charge in [0, 0.05) is 19.7 Å². The molecule has 0 bridgehead atoms. The molecule has 0 N–H and O–H groups in total. The Balaban J connectivity index is 1.94.